The molecular formula is C17H28O3Si. The number of allylic oxidation sites excluding steroid dienone is 1. The number of hydrogen-bond acceptors (Lipinski definition) is 3. The smallest absolute Gasteiger partial charge is 0.118 e. The lowest BCUT2D eigenvalue weighted by Crippen LogP contribution is -2.54. The van der Waals surface area contributed by atoms with Gasteiger partial charge in [-0.05, 0) is 19.4 Å². The highest BCUT2D eigenvalue weighted by atomic mass is 28.3. The van der Waals surface area contributed by atoms with Crippen LogP contribution in [-0.2, 0) is 9.47 Å². The molecule has 1 aromatic carbocycles. The summed E-state index contributed by atoms with van der Waals surface area (Å²) in [6.45, 7) is 8.57. The average Bonchev–Trinajstić information content (AvgIpc) is 2.44. The minimum atomic E-state index is -1.94. The molecule has 0 radical (unpaired) electrons. The summed E-state index contributed by atoms with van der Waals surface area (Å²) in [4.78, 5) is 0. The van der Waals surface area contributed by atoms with Gasteiger partial charge in [-0.1, -0.05) is 55.6 Å². The fourth-order valence-electron chi connectivity index (χ4n) is 2.09. The van der Waals surface area contributed by atoms with Crippen LogP contribution in [0.1, 0.15) is 25.5 Å². The summed E-state index contributed by atoms with van der Waals surface area (Å²) in [5.41, 5.74) is 1.11. The first-order valence-electron chi connectivity index (χ1n) is 7.36. The zero-order chi connectivity index (χ0) is 15.9. The summed E-state index contributed by atoms with van der Waals surface area (Å²) in [6.07, 6.45) is 4.30. The highest BCUT2D eigenvalue weighted by Gasteiger charge is 2.39. The quantitative estimate of drug-likeness (QED) is 0.590. The second-order valence-corrected chi connectivity index (χ2v) is 11.3. The Morgan fingerprint density at radius 3 is 2.43 bits per heavy atom. The molecule has 0 aromatic heterocycles. The molecule has 1 N–H and O–H groups in total. The van der Waals surface area contributed by atoms with Gasteiger partial charge in [0.1, 0.15) is 14.2 Å². The standard InChI is InChI=1S/C17H28O3Si/c1-6-12-17(2,18)21(4,5)14-20-13-16(19-3)15-10-8-7-9-11-15/h6-12,16,18H,13-14H2,1-5H3/b12-6+/t16-,17+/m1/s1. The van der Waals surface area contributed by atoms with Gasteiger partial charge in [0.2, 0.25) is 0 Å². The molecule has 2 atom stereocenters. The third-order valence-electron chi connectivity index (χ3n) is 4.05. The van der Waals surface area contributed by atoms with Gasteiger partial charge in [0.15, 0.2) is 0 Å². The molecule has 0 unspecified atom stereocenters. The van der Waals surface area contributed by atoms with Crippen molar-refractivity contribution in [2.24, 2.45) is 0 Å². The lowest BCUT2D eigenvalue weighted by Gasteiger charge is -2.36. The Bertz CT molecular complexity index is 441. The Labute approximate surface area is 129 Å². The number of hydrogen-bond donors (Lipinski definition) is 1. The number of ether oxygens (including phenoxy) is 2. The summed E-state index contributed by atoms with van der Waals surface area (Å²) < 4.78 is 11.4. The van der Waals surface area contributed by atoms with E-state index >= 15 is 0 Å². The van der Waals surface area contributed by atoms with Gasteiger partial charge in [0.05, 0.1) is 11.8 Å². The largest absolute Gasteiger partial charge is 0.390 e. The molecule has 0 aliphatic rings. The van der Waals surface area contributed by atoms with Gasteiger partial charge in [0.25, 0.3) is 0 Å². The van der Waals surface area contributed by atoms with E-state index in [0.29, 0.717) is 12.8 Å². The van der Waals surface area contributed by atoms with Crippen molar-refractivity contribution in [1.29, 1.82) is 0 Å². The minimum Gasteiger partial charge on any atom is -0.390 e. The Kier molecular flexibility index (Phi) is 6.81. The Morgan fingerprint density at radius 1 is 1.29 bits per heavy atom. The van der Waals surface area contributed by atoms with E-state index in [1.165, 1.54) is 0 Å². The van der Waals surface area contributed by atoms with Crippen LogP contribution in [0, 0.1) is 0 Å². The van der Waals surface area contributed by atoms with Gasteiger partial charge >= 0.3 is 0 Å². The van der Waals surface area contributed by atoms with Gasteiger partial charge in [0, 0.05) is 13.3 Å². The second kappa shape index (κ2) is 7.89. The van der Waals surface area contributed by atoms with Crippen LogP contribution in [0.2, 0.25) is 13.1 Å². The van der Waals surface area contributed by atoms with E-state index in [2.05, 4.69) is 13.1 Å². The van der Waals surface area contributed by atoms with Gasteiger partial charge in [-0.25, -0.2) is 0 Å². The summed E-state index contributed by atoms with van der Waals surface area (Å²) >= 11 is 0. The van der Waals surface area contributed by atoms with Crippen molar-refractivity contribution in [2.45, 2.75) is 38.3 Å². The predicted molar refractivity (Wildman–Crippen MR) is 89.9 cm³/mol. The summed E-state index contributed by atoms with van der Waals surface area (Å²) in [7, 11) is -0.247. The van der Waals surface area contributed by atoms with E-state index in [1.54, 1.807) is 7.11 Å². The minimum absolute atomic E-state index is 0.0670. The first-order valence-corrected chi connectivity index (χ1v) is 10.6. The maximum Gasteiger partial charge on any atom is 0.118 e. The zero-order valence-electron chi connectivity index (χ0n) is 13.8. The van der Waals surface area contributed by atoms with E-state index in [9.17, 15) is 5.11 Å². The number of methoxy groups -OCH3 is 1. The summed E-state index contributed by atoms with van der Waals surface area (Å²) in [6, 6.07) is 10.1. The van der Waals surface area contributed by atoms with Crippen molar-refractivity contribution in [2.75, 3.05) is 19.9 Å². The molecule has 0 heterocycles. The Morgan fingerprint density at radius 2 is 1.90 bits per heavy atom. The monoisotopic (exact) mass is 308 g/mol. The SMILES string of the molecule is C/C=C/[C@@](C)(O)[Si](C)(C)COC[C@@H](OC)c1ccccc1. The van der Waals surface area contributed by atoms with Crippen LogP contribution in [0.5, 0.6) is 0 Å². The van der Waals surface area contributed by atoms with E-state index in [-0.39, 0.29) is 6.10 Å². The summed E-state index contributed by atoms with van der Waals surface area (Å²) in [5, 5.41) is 9.78. The van der Waals surface area contributed by atoms with Crippen LogP contribution in [0.15, 0.2) is 42.5 Å². The van der Waals surface area contributed by atoms with Crippen molar-refractivity contribution in [1.82, 2.24) is 0 Å². The van der Waals surface area contributed by atoms with E-state index in [0.717, 1.165) is 5.56 Å². The highest BCUT2D eigenvalue weighted by Crippen LogP contribution is 2.23. The second-order valence-electron chi connectivity index (χ2n) is 6.18. The van der Waals surface area contributed by atoms with Crippen LogP contribution in [-0.4, -0.2) is 38.4 Å². The number of aliphatic hydroxyl groups is 1. The molecule has 1 rings (SSSR count). The van der Waals surface area contributed by atoms with Crippen molar-refractivity contribution in [3.05, 3.63) is 48.0 Å². The highest BCUT2D eigenvalue weighted by molar-refractivity contribution is 6.80. The predicted octanol–water partition coefficient (Wildman–Crippen LogP) is 3.50. The topological polar surface area (TPSA) is 38.7 Å². The molecule has 21 heavy (non-hydrogen) atoms. The maximum atomic E-state index is 10.5. The molecule has 3 nitrogen and oxygen atoms in total. The third kappa shape index (κ3) is 5.07. The van der Waals surface area contributed by atoms with E-state index < -0.39 is 13.3 Å². The lowest BCUT2D eigenvalue weighted by molar-refractivity contribution is 0.0177. The van der Waals surface area contributed by atoms with Crippen LogP contribution in [0.3, 0.4) is 0 Å². The average molecular weight is 308 g/mol. The fraction of sp³-hybridized carbons (Fsp3) is 0.529. The van der Waals surface area contributed by atoms with Gasteiger partial charge in [-0.15, -0.1) is 0 Å². The first-order chi connectivity index (χ1) is 9.84. The molecule has 0 aliphatic carbocycles. The summed E-state index contributed by atoms with van der Waals surface area (Å²) in [5.74, 6) is 0. The van der Waals surface area contributed by atoms with Crippen LogP contribution in [0.4, 0.5) is 0 Å². The Hall–Kier alpha value is -0.943. The molecule has 0 amide bonds. The van der Waals surface area contributed by atoms with Crippen LogP contribution in [0.25, 0.3) is 0 Å². The molecule has 1 aromatic rings. The van der Waals surface area contributed by atoms with Crippen molar-refractivity contribution < 1.29 is 14.6 Å². The lowest BCUT2D eigenvalue weighted by atomic mass is 10.1. The van der Waals surface area contributed by atoms with Gasteiger partial charge in [-0.3, -0.25) is 0 Å². The first kappa shape index (κ1) is 18.1. The van der Waals surface area contributed by atoms with Crippen LogP contribution >= 0.6 is 0 Å². The Balaban J connectivity index is 2.59. The normalized spacial score (nSPS) is 16.9. The molecule has 0 aliphatic heterocycles. The number of rotatable bonds is 8. The van der Waals surface area contributed by atoms with Gasteiger partial charge in [-0.2, -0.15) is 0 Å². The molecule has 0 bridgehead atoms. The molecular weight excluding hydrogens is 280 g/mol. The molecule has 0 saturated carbocycles. The fourth-order valence-corrected chi connectivity index (χ4v) is 3.62. The van der Waals surface area contributed by atoms with Crippen molar-refractivity contribution in [3.63, 3.8) is 0 Å². The molecule has 0 spiro atoms. The third-order valence-corrected chi connectivity index (χ3v) is 7.88. The van der Waals surface area contributed by atoms with Gasteiger partial charge < -0.3 is 14.6 Å². The molecule has 4 heteroatoms. The van der Waals surface area contributed by atoms with E-state index in [4.69, 9.17) is 9.47 Å². The van der Waals surface area contributed by atoms with Crippen LogP contribution < -0.4 is 0 Å². The number of benzene rings is 1. The molecule has 118 valence electrons. The molecule has 0 fully saturated rings. The van der Waals surface area contributed by atoms with E-state index in [1.807, 2.05) is 56.3 Å². The van der Waals surface area contributed by atoms with Crippen molar-refractivity contribution >= 4 is 8.07 Å². The van der Waals surface area contributed by atoms with Crippen molar-refractivity contribution in [3.8, 4) is 0 Å². The molecule has 0 saturated heterocycles. The zero-order valence-corrected chi connectivity index (χ0v) is 14.8. The maximum absolute atomic E-state index is 10.5.